The van der Waals surface area contributed by atoms with Crippen molar-refractivity contribution < 1.29 is 9.53 Å². The van der Waals surface area contributed by atoms with E-state index in [0.717, 1.165) is 33.0 Å². The third-order valence-corrected chi connectivity index (χ3v) is 6.65. The lowest BCUT2D eigenvalue weighted by atomic mass is 10.1. The number of carbonyl (C=O) groups excluding carboxylic acids is 1. The van der Waals surface area contributed by atoms with Crippen molar-refractivity contribution >= 4 is 39.3 Å². The number of hydrogen-bond donors (Lipinski definition) is 0. The van der Waals surface area contributed by atoms with Crippen molar-refractivity contribution in [2.24, 2.45) is 0 Å². The fourth-order valence-corrected chi connectivity index (χ4v) is 5.02. The molecule has 30 heavy (non-hydrogen) atoms. The molecule has 0 radical (unpaired) electrons. The molecule has 0 atom stereocenters. The number of nitrogens with zero attached hydrogens (tertiary/aromatic N) is 2. The molecule has 0 aliphatic heterocycles. The van der Waals surface area contributed by atoms with E-state index in [1.54, 1.807) is 29.4 Å². The van der Waals surface area contributed by atoms with Gasteiger partial charge >= 0.3 is 5.97 Å². The average molecular weight is 435 g/mol. The fourth-order valence-electron chi connectivity index (χ4n) is 3.07. The van der Waals surface area contributed by atoms with E-state index in [1.165, 1.54) is 16.7 Å². The van der Waals surface area contributed by atoms with E-state index in [4.69, 9.17) is 4.74 Å². The molecule has 0 spiro atoms. The third-order valence-electron chi connectivity index (χ3n) is 4.70. The molecule has 0 amide bonds. The van der Waals surface area contributed by atoms with Crippen LogP contribution in [0.1, 0.15) is 34.8 Å². The number of ether oxygens (including phenoxy) is 1. The summed E-state index contributed by atoms with van der Waals surface area (Å²) in [4.78, 5) is 22.0. The Balaban J connectivity index is 1.54. The number of rotatable bonds is 7. The average Bonchev–Trinajstić information content (AvgIpc) is 3.22. The Morgan fingerprint density at radius 1 is 1.07 bits per heavy atom. The van der Waals surface area contributed by atoms with Gasteiger partial charge in [-0.1, -0.05) is 48.9 Å². The van der Waals surface area contributed by atoms with E-state index in [-0.39, 0.29) is 5.97 Å². The van der Waals surface area contributed by atoms with Gasteiger partial charge in [0.15, 0.2) is 0 Å². The van der Waals surface area contributed by atoms with E-state index in [0.29, 0.717) is 12.2 Å². The summed E-state index contributed by atoms with van der Waals surface area (Å²) in [6.07, 6.45) is 2.45. The monoisotopic (exact) mass is 434 g/mol. The molecule has 0 aliphatic carbocycles. The molecule has 4 rings (SSSR count). The first-order valence-corrected chi connectivity index (χ1v) is 11.7. The first kappa shape index (κ1) is 20.6. The Bertz CT molecular complexity index is 1150. The minimum absolute atomic E-state index is 0.269. The fraction of sp³-hybridized carbons (Fsp3) is 0.208. The molecule has 2 aromatic carbocycles. The van der Waals surface area contributed by atoms with Crippen molar-refractivity contribution in [2.45, 2.75) is 31.0 Å². The molecule has 4 nitrogen and oxygen atoms in total. The summed E-state index contributed by atoms with van der Waals surface area (Å²) in [7, 11) is 0. The van der Waals surface area contributed by atoms with Crippen LogP contribution in [-0.2, 0) is 10.5 Å². The SMILES string of the molecule is CCCOC(=O)c1ccc(CSc2ncnc3scc(-c4ccc(C)cc4)c23)cc1. The van der Waals surface area contributed by atoms with Crippen LogP contribution in [0.2, 0.25) is 0 Å². The summed E-state index contributed by atoms with van der Waals surface area (Å²) in [5, 5.41) is 4.24. The Morgan fingerprint density at radius 2 is 1.83 bits per heavy atom. The molecule has 0 aliphatic rings. The lowest BCUT2D eigenvalue weighted by Gasteiger charge is -2.07. The van der Waals surface area contributed by atoms with Crippen molar-refractivity contribution in [3.8, 4) is 11.1 Å². The standard InChI is InChI=1S/C24H22N2O2S2/c1-3-12-28-24(27)19-10-6-17(7-11-19)13-29-22-21-20(14-30-23(21)26-15-25-22)18-8-4-16(2)5-9-18/h4-11,14-15H,3,12-13H2,1-2H3. The van der Waals surface area contributed by atoms with Gasteiger partial charge in [-0.25, -0.2) is 14.8 Å². The maximum atomic E-state index is 12.0. The van der Waals surface area contributed by atoms with Crippen LogP contribution < -0.4 is 0 Å². The number of hydrogen-bond acceptors (Lipinski definition) is 6. The third kappa shape index (κ3) is 4.55. The molecule has 2 aromatic heterocycles. The molecule has 4 aromatic rings. The van der Waals surface area contributed by atoms with Crippen molar-refractivity contribution in [3.63, 3.8) is 0 Å². The topological polar surface area (TPSA) is 52.1 Å². The van der Waals surface area contributed by atoms with Crippen molar-refractivity contribution in [3.05, 3.63) is 76.9 Å². The highest BCUT2D eigenvalue weighted by atomic mass is 32.2. The van der Waals surface area contributed by atoms with Crippen LogP contribution in [0.4, 0.5) is 0 Å². The maximum Gasteiger partial charge on any atom is 0.338 e. The van der Waals surface area contributed by atoms with Gasteiger partial charge in [0.2, 0.25) is 0 Å². The normalized spacial score (nSPS) is 11.0. The number of benzene rings is 2. The second-order valence-corrected chi connectivity index (χ2v) is 8.82. The molecule has 0 bridgehead atoms. The molecule has 0 N–H and O–H groups in total. The van der Waals surface area contributed by atoms with Crippen LogP contribution >= 0.6 is 23.1 Å². The predicted molar refractivity (Wildman–Crippen MR) is 124 cm³/mol. The van der Waals surface area contributed by atoms with E-state index in [9.17, 15) is 4.79 Å². The van der Waals surface area contributed by atoms with Gasteiger partial charge < -0.3 is 4.74 Å². The van der Waals surface area contributed by atoms with Gasteiger partial charge in [-0.2, -0.15) is 0 Å². The van der Waals surface area contributed by atoms with Crippen molar-refractivity contribution in [1.82, 2.24) is 9.97 Å². The summed E-state index contributed by atoms with van der Waals surface area (Å²) < 4.78 is 5.19. The summed E-state index contributed by atoms with van der Waals surface area (Å²) in [5.74, 6) is 0.495. The van der Waals surface area contributed by atoms with Crippen molar-refractivity contribution in [2.75, 3.05) is 6.61 Å². The van der Waals surface area contributed by atoms with Gasteiger partial charge in [0.05, 0.1) is 17.6 Å². The van der Waals surface area contributed by atoms with Gasteiger partial charge in [-0.15, -0.1) is 23.1 Å². The zero-order valence-electron chi connectivity index (χ0n) is 16.9. The van der Waals surface area contributed by atoms with Crippen LogP contribution in [0.25, 0.3) is 21.3 Å². The maximum absolute atomic E-state index is 12.0. The molecule has 0 unspecified atom stereocenters. The second-order valence-electron chi connectivity index (χ2n) is 7.00. The second kappa shape index (κ2) is 9.41. The molecule has 6 heteroatoms. The zero-order chi connectivity index (χ0) is 20.9. The Kier molecular flexibility index (Phi) is 6.45. The summed E-state index contributed by atoms with van der Waals surface area (Å²) in [6.45, 7) is 4.52. The highest BCUT2D eigenvalue weighted by Gasteiger charge is 2.14. The molecule has 0 saturated carbocycles. The minimum atomic E-state index is -0.269. The highest BCUT2D eigenvalue weighted by molar-refractivity contribution is 7.98. The first-order valence-electron chi connectivity index (χ1n) is 9.84. The molecule has 0 saturated heterocycles. The lowest BCUT2D eigenvalue weighted by molar-refractivity contribution is 0.0505. The Labute approximate surface area is 184 Å². The van der Waals surface area contributed by atoms with Gasteiger partial charge in [0.25, 0.3) is 0 Å². The highest BCUT2D eigenvalue weighted by Crippen LogP contribution is 2.38. The molecule has 2 heterocycles. The largest absolute Gasteiger partial charge is 0.462 e. The molecular weight excluding hydrogens is 412 g/mol. The van der Waals surface area contributed by atoms with Crippen LogP contribution in [-0.4, -0.2) is 22.5 Å². The van der Waals surface area contributed by atoms with Crippen molar-refractivity contribution in [1.29, 1.82) is 0 Å². The van der Waals surface area contributed by atoms with Gasteiger partial charge in [0, 0.05) is 16.7 Å². The minimum Gasteiger partial charge on any atom is -0.462 e. The quantitative estimate of drug-likeness (QED) is 0.188. The van der Waals surface area contributed by atoms with Gasteiger partial charge in [0.1, 0.15) is 16.2 Å². The summed E-state index contributed by atoms with van der Waals surface area (Å²) >= 11 is 3.33. The number of thioether (sulfide) groups is 1. The number of fused-ring (bicyclic) bond motifs is 1. The molecular formula is C24H22N2O2S2. The predicted octanol–water partition coefficient (Wildman–Crippen LogP) is 6.53. The summed E-state index contributed by atoms with van der Waals surface area (Å²) in [5.41, 5.74) is 5.31. The van der Waals surface area contributed by atoms with Crippen LogP contribution in [0.3, 0.4) is 0 Å². The van der Waals surface area contributed by atoms with Crippen LogP contribution in [0, 0.1) is 6.92 Å². The molecule has 0 fully saturated rings. The smallest absolute Gasteiger partial charge is 0.338 e. The lowest BCUT2D eigenvalue weighted by Crippen LogP contribution is -2.05. The first-order chi connectivity index (χ1) is 14.7. The molecule has 152 valence electrons. The van der Waals surface area contributed by atoms with Crippen LogP contribution in [0.15, 0.2) is 65.3 Å². The number of aromatic nitrogens is 2. The zero-order valence-corrected chi connectivity index (χ0v) is 18.6. The van der Waals surface area contributed by atoms with E-state index < -0.39 is 0 Å². The van der Waals surface area contributed by atoms with Gasteiger partial charge in [-0.05, 0) is 36.6 Å². The van der Waals surface area contributed by atoms with E-state index >= 15 is 0 Å². The number of carbonyl (C=O) groups is 1. The number of thiophene rings is 1. The summed E-state index contributed by atoms with van der Waals surface area (Å²) in [6, 6.07) is 16.1. The van der Waals surface area contributed by atoms with Gasteiger partial charge in [-0.3, -0.25) is 0 Å². The number of aryl methyl sites for hydroxylation is 1. The van der Waals surface area contributed by atoms with Crippen LogP contribution in [0.5, 0.6) is 0 Å². The van der Waals surface area contributed by atoms with E-state index in [1.807, 2.05) is 31.2 Å². The van der Waals surface area contributed by atoms with E-state index in [2.05, 4.69) is 46.5 Å². The Hall–Kier alpha value is -2.70. The Morgan fingerprint density at radius 3 is 2.57 bits per heavy atom. The number of esters is 1.